The van der Waals surface area contributed by atoms with Crippen molar-refractivity contribution >= 4 is 17.6 Å². The Labute approximate surface area is 203 Å². The Balaban J connectivity index is 1.42. The normalized spacial score (nSPS) is 44.5. The number of fused-ring (bicyclic) bond motifs is 5. The summed E-state index contributed by atoms with van der Waals surface area (Å²) in [5.74, 6) is 5.92. The van der Waals surface area contributed by atoms with Gasteiger partial charge in [0.1, 0.15) is 12.0 Å². The molecular formula is C29H49ClO2. The highest BCUT2D eigenvalue weighted by molar-refractivity contribution is 6.26. The Morgan fingerprint density at radius 2 is 1.66 bits per heavy atom. The average Bonchev–Trinajstić information content (AvgIpc) is 3.11. The van der Waals surface area contributed by atoms with Crippen LogP contribution in [-0.2, 0) is 9.53 Å². The van der Waals surface area contributed by atoms with Crippen molar-refractivity contribution in [1.82, 2.24) is 0 Å². The third-order valence-electron chi connectivity index (χ3n) is 11.2. The fraction of sp³-hybridized carbons (Fsp3) is 0.966. The van der Waals surface area contributed by atoms with Gasteiger partial charge in [-0.1, -0.05) is 53.9 Å². The zero-order valence-electron chi connectivity index (χ0n) is 21.5. The van der Waals surface area contributed by atoms with Gasteiger partial charge in [0.05, 0.1) is 0 Å². The fourth-order valence-electron chi connectivity index (χ4n) is 9.57. The molecule has 0 amide bonds. The minimum atomic E-state index is -0.234. The summed E-state index contributed by atoms with van der Waals surface area (Å²) in [5.41, 5.74) is 1.03. The molecule has 4 aliphatic carbocycles. The van der Waals surface area contributed by atoms with E-state index in [4.69, 9.17) is 16.3 Å². The van der Waals surface area contributed by atoms with Crippen molar-refractivity contribution in [2.75, 3.05) is 5.88 Å². The fourth-order valence-corrected chi connectivity index (χ4v) is 9.63. The summed E-state index contributed by atoms with van der Waals surface area (Å²) in [5, 5.41) is 0. The minimum Gasteiger partial charge on any atom is -0.461 e. The second-order valence-corrected chi connectivity index (χ2v) is 13.5. The lowest BCUT2D eigenvalue weighted by Crippen LogP contribution is -2.54. The van der Waals surface area contributed by atoms with E-state index < -0.39 is 0 Å². The molecule has 0 spiro atoms. The quantitative estimate of drug-likeness (QED) is 0.280. The number of hydrogen-bond acceptors (Lipinski definition) is 2. The van der Waals surface area contributed by atoms with E-state index in [0.717, 1.165) is 54.3 Å². The molecule has 2 nitrogen and oxygen atoms in total. The van der Waals surface area contributed by atoms with Crippen LogP contribution in [0.2, 0.25) is 0 Å². The first-order valence-electron chi connectivity index (χ1n) is 13.9. The predicted molar refractivity (Wildman–Crippen MR) is 134 cm³/mol. The maximum absolute atomic E-state index is 11.7. The molecule has 0 N–H and O–H groups in total. The van der Waals surface area contributed by atoms with Gasteiger partial charge in [-0.15, -0.1) is 11.6 Å². The maximum Gasteiger partial charge on any atom is 0.321 e. The first-order valence-corrected chi connectivity index (χ1v) is 14.5. The van der Waals surface area contributed by atoms with Crippen LogP contribution in [0, 0.1) is 52.3 Å². The number of carbonyl (C=O) groups excluding carboxylic acids is 1. The van der Waals surface area contributed by atoms with E-state index in [9.17, 15) is 4.79 Å². The van der Waals surface area contributed by atoms with Gasteiger partial charge >= 0.3 is 5.97 Å². The minimum absolute atomic E-state index is 0.0134. The van der Waals surface area contributed by atoms with E-state index in [2.05, 4.69) is 34.6 Å². The summed E-state index contributed by atoms with van der Waals surface area (Å²) in [4.78, 5) is 11.7. The first kappa shape index (κ1) is 24.9. The molecule has 0 saturated heterocycles. The lowest BCUT2D eigenvalue weighted by Gasteiger charge is -2.61. The standard InChI is InChI=1S/C29H49ClO2/c1-19(2)7-6-8-20(3)24-11-12-25-23-10-9-21-17-22(32-27(31)18-30)13-15-28(21,4)26(23)14-16-29(24,25)5/h19-26H,6-18H2,1-5H3/t20-,21+,22-,23+,24+,25-,26+,28+,29+/m1/s1. The number of hydrogen-bond donors (Lipinski definition) is 0. The SMILES string of the molecule is CC(C)CCC[C@@H](C)[C@@H]1CC[C@@H]2[C@@H]3CC[C@H]4C[C@H](OC(=O)CCl)CC[C@]4(C)[C@H]3CC[C@]21C. The van der Waals surface area contributed by atoms with Gasteiger partial charge in [-0.3, -0.25) is 4.79 Å². The van der Waals surface area contributed by atoms with Crippen molar-refractivity contribution in [3.63, 3.8) is 0 Å². The van der Waals surface area contributed by atoms with Gasteiger partial charge in [0.15, 0.2) is 0 Å². The Morgan fingerprint density at radius 3 is 2.38 bits per heavy atom. The highest BCUT2D eigenvalue weighted by Crippen LogP contribution is 2.68. The molecule has 4 saturated carbocycles. The van der Waals surface area contributed by atoms with Crippen LogP contribution in [0.5, 0.6) is 0 Å². The molecule has 0 bridgehead atoms. The largest absolute Gasteiger partial charge is 0.461 e. The molecule has 4 rings (SSSR count). The highest BCUT2D eigenvalue weighted by atomic mass is 35.5. The molecule has 0 aromatic heterocycles. The van der Waals surface area contributed by atoms with Crippen LogP contribution in [0.25, 0.3) is 0 Å². The Morgan fingerprint density at radius 1 is 0.938 bits per heavy atom. The highest BCUT2D eigenvalue weighted by Gasteiger charge is 2.60. The molecule has 0 aromatic carbocycles. The number of rotatable bonds is 7. The van der Waals surface area contributed by atoms with Crippen LogP contribution in [0.4, 0.5) is 0 Å². The predicted octanol–water partition coefficient (Wildman–Crippen LogP) is 8.26. The lowest BCUT2D eigenvalue weighted by molar-refractivity contribution is -0.160. The van der Waals surface area contributed by atoms with E-state index in [1.54, 1.807) is 0 Å². The number of esters is 1. The Bertz CT molecular complexity index is 662. The van der Waals surface area contributed by atoms with Gasteiger partial charge in [0.2, 0.25) is 0 Å². The van der Waals surface area contributed by atoms with E-state index in [1.165, 1.54) is 64.2 Å². The molecule has 0 radical (unpaired) electrons. The second kappa shape index (κ2) is 9.79. The molecule has 32 heavy (non-hydrogen) atoms. The molecule has 0 unspecified atom stereocenters. The monoisotopic (exact) mass is 464 g/mol. The molecule has 0 heterocycles. The van der Waals surface area contributed by atoms with Crippen LogP contribution >= 0.6 is 11.6 Å². The van der Waals surface area contributed by atoms with Gasteiger partial charge in [-0.2, -0.15) is 0 Å². The molecular weight excluding hydrogens is 416 g/mol. The van der Waals surface area contributed by atoms with Gasteiger partial charge < -0.3 is 4.74 Å². The second-order valence-electron chi connectivity index (χ2n) is 13.2. The van der Waals surface area contributed by atoms with Gasteiger partial charge in [-0.25, -0.2) is 0 Å². The number of ether oxygens (including phenoxy) is 1. The van der Waals surface area contributed by atoms with Gasteiger partial charge in [0.25, 0.3) is 0 Å². The Kier molecular flexibility index (Phi) is 7.61. The van der Waals surface area contributed by atoms with Crippen molar-refractivity contribution in [3.8, 4) is 0 Å². The topological polar surface area (TPSA) is 26.3 Å². The Hall–Kier alpha value is -0.240. The molecule has 0 aromatic rings. The third kappa shape index (κ3) is 4.52. The number of halogens is 1. The summed E-state index contributed by atoms with van der Waals surface area (Å²) >= 11 is 5.69. The molecule has 9 atom stereocenters. The van der Waals surface area contributed by atoms with Crippen molar-refractivity contribution in [2.45, 2.75) is 118 Å². The van der Waals surface area contributed by atoms with Gasteiger partial charge in [-0.05, 0) is 110 Å². The summed E-state index contributed by atoms with van der Waals surface area (Å²) in [6.45, 7) is 12.6. The van der Waals surface area contributed by atoms with Crippen LogP contribution in [0.3, 0.4) is 0 Å². The molecule has 3 heteroatoms. The number of alkyl halides is 1. The van der Waals surface area contributed by atoms with Crippen molar-refractivity contribution < 1.29 is 9.53 Å². The van der Waals surface area contributed by atoms with Crippen molar-refractivity contribution in [3.05, 3.63) is 0 Å². The lowest BCUT2D eigenvalue weighted by atomic mass is 9.44. The van der Waals surface area contributed by atoms with Crippen LogP contribution in [0.15, 0.2) is 0 Å². The summed E-state index contributed by atoms with van der Waals surface area (Å²) < 4.78 is 5.67. The molecule has 4 aliphatic rings. The zero-order valence-corrected chi connectivity index (χ0v) is 22.3. The third-order valence-corrected chi connectivity index (χ3v) is 11.4. The van der Waals surface area contributed by atoms with Crippen LogP contribution in [-0.4, -0.2) is 18.0 Å². The van der Waals surface area contributed by atoms with Gasteiger partial charge in [0, 0.05) is 0 Å². The molecule has 4 fully saturated rings. The smallest absolute Gasteiger partial charge is 0.321 e. The summed E-state index contributed by atoms with van der Waals surface area (Å²) in [6, 6.07) is 0. The van der Waals surface area contributed by atoms with Crippen molar-refractivity contribution in [1.29, 1.82) is 0 Å². The van der Waals surface area contributed by atoms with E-state index in [1.807, 2.05) is 0 Å². The molecule has 184 valence electrons. The zero-order chi connectivity index (χ0) is 23.1. The van der Waals surface area contributed by atoms with Crippen LogP contribution in [0.1, 0.15) is 112 Å². The summed E-state index contributed by atoms with van der Waals surface area (Å²) in [7, 11) is 0. The average molecular weight is 465 g/mol. The number of carbonyl (C=O) groups is 1. The van der Waals surface area contributed by atoms with Crippen LogP contribution < -0.4 is 0 Å². The van der Waals surface area contributed by atoms with E-state index in [-0.39, 0.29) is 18.0 Å². The first-order chi connectivity index (χ1) is 15.2. The van der Waals surface area contributed by atoms with Crippen molar-refractivity contribution in [2.24, 2.45) is 52.3 Å². The maximum atomic E-state index is 11.7. The van der Waals surface area contributed by atoms with E-state index >= 15 is 0 Å². The summed E-state index contributed by atoms with van der Waals surface area (Å²) in [6.07, 6.45) is 16.3. The van der Waals surface area contributed by atoms with E-state index in [0.29, 0.717) is 10.8 Å². The molecule has 0 aliphatic heterocycles.